The van der Waals surface area contributed by atoms with Crippen LogP contribution in [0.5, 0.6) is 5.75 Å². The van der Waals surface area contributed by atoms with Gasteiger partial charge in [0.15, 0.2) is 5.82 Å². The molecule has 0 fully saturated rings. The van der Waals surface area contributed by atoms with Crippen molar-refractivity contribution in [1.29, 1.82) is 0 Å². The SMILES string of the molecule is COc1ccc(Nc2cc(-n3nc(C)cc3N)ncn2)cc1. The number of aryl methyl sites for hydroxylation is 1. The maximum atomic E-state index is 5.91. The van der Waals surface area contributed by atoms with Crippen LogP contribution in [0.15, 0.2) is 42.7 Å². The summed E-state index contributed by atoms with van der Waals surface area (Å²) in [5.41, 5.74) is 7.65. The molecule has 0 saturated carbocycles. The Labute approximate surface area is 127 Å². The third-order valence-corrected chi connectivity index (χ3v) is 3.09. The molecule has 1 aromatic carbocycles. The van der Waals surface area contributed by atoms with Crippen molar-refractivity contribution in [2.45, 2.75) is 6.92 Å². The number of nitrogens with zero attached hydrogens (tertiary/aromatic N) is 4. The molecule has 3 rings (SSSR count). The molecular weight excluding hydrogens is 280 g/mol. The summed E-state index contributed by atoms with van der Waals surface area (Å²) >= 11 is 0. The molecule has 0 unspecified atom stereocenters. The number of nitrogen functional groups attached to an aromatic ring is 1. The Kier molecular flexibility index (Phi) is 3.61. The van der Waals surface area contributed by atoms with E-state index in [9.17, 15) is 0 Å². The van der Waals surface area contributed by atoms with Gasteiger partial charge in [0, 0.05) is 17.8 Å². The van der Waals surface area contributed by atoms with E-state index in [0.717, 1.165) is 17.1 Å². The molecule has 0 aliphatic rings. The number of aromatic nitrogens is 4. The van der Waals surface area contributed by atoms with Crippen molar-refractivity contribution in [2.75, 3.05) is 18.2 Å². The lowest BCUT2D eigenvalue weighted by atomic mass is 10.3. The van der Waals surface area contributed by atoms with Gasteiger partial charge in [0.05, 0.1) is 12.8 Å². The van der Waals surface area contributed by atoms with Crippen LogP contribution in [0.3, 0.4) is 0 Å². The number of nitrogens with two attached hydrogens (primary N) is 1. The predicted molar refractivity (Wildman–Crippen MR) is 84.6 cm³/mol. The van der Waals surface area contributed by atoms with Gasteiger partial charge in [0.25, 0.3) is 0 Å². The normalized spacial score (nSPS) is 10.5. The maximum absolute atomic E-state index is 5.91. The highest BCUT2D eigenvalue weighted by Gasteiger charge is 2.07. The van der Waals surface area contributed by atoms with Crippen LogP contribution < -0.4 is 15.8 Å². The molecule has 0 radical (unpaired) electrons. The number of nitrogens with one attached hydrogen (secondary N) is 1. The third kappa shape index (κ3) is 2.83. The van der Waals surface area contributed by atoms with Gasteiger partial charge in [-0.2, -0.15) is 9.78 Å². The van der Waals surface area contributed by atoms with Crippen LogP contribution in [-0.2, 0) is 0 Å². The fraction of sp³-hybridized carbons (Fsp3) is 0.133. The fourth-order valence-corrected chi connectivity index (χ4v) is 2.06. The number of hydrogen-bond donors (Lipinski definition) is 2. The molecule has 112 valence electrons. The van der Waals surface area contributed by atoms with E-state index in [1.54, 1.807) is 23.9 Å². The average Bonchev–Trinajstić information content (AvgIpc) is 2.87. The molecule has 22 heavy (non-hydrogen) atoms. The molecule has 3 N–H and O–H groups in total. The van der Waals surface area contributed by atoms with E-state index in [-0.39, 0.29) is 0 Å². The van der Waals surface area contributed by atoms with Crippen LogP contribution in [0.1, 0.15) is 5.69 Å². The molecule has 2 heterocycles. The Morgan fingerprint density at radius 2 is 1.91 bits per heavy atom. The van der Waals surface area contributed by atoms with Crippen LogP contribution in [0.4, 0.5) is 17.3 Å². The minimum atomic E-state index is 0.534. The standard InChI is InChI=1S/C15H16N6O/c1-10-7-13(16)21(20-10)15-8-14(17-9-18-15)19-11-3-5-12(22-2)6-4-11/h3-9H,16H2,1-2H3,(H,17,18,19). The Hall–Kier alpha value is -3.09. The first-order valence-electron chi connectivity index (χ1n) is 6.71. The molecule has 0 aliphatic heterocycles. The van der Waals surface area contributed by atoms with E-state index in [0.29, 0.717) is 17.5 Å². The van der Waals surface area contributed by atoms with E-state index < -0.39 is 0 Å². The van der Waals surface area contributed by atoms with Crippen molar-refractivity contribution in [3.05, 3.63) is 48.4 Å². The maximum Gasteiger partial charge on any atom is 0.161 e. The summed E-state index contributed by atoms with van der Waals surface area (Å²) in [7, 11) is 1.63. The van der Waals surface area contributed by atoms with Crippen LogP contribution >= 0.6 is 0 Å². The summed E-state index contributed by atoms with van der Waals surface area (Å²) in [6.45, 7) is 1.88. The summed E-state index contributed by atoms with van der Waals surface area (Å²) < 4.78 is 6.71. The smallest absolute Gasteiger partial charge is 0.161 e. The van der Waals surface area contributed by atoms with Gasteiger partial charge in [0.2, 0.25) is 0 Å². The second-order valence-corrected chi connectivity index (χ2v) is 4.74. The van der Waals surface area contributed by atoms with E-state index in [1.807, 2.05) is 31.2 Å². The molecule has 0 spiro atoms. The van der Waals surface area contributed by atoms with Crippen molar-refractivity contribution >= 4 is 17.3 Å². The zero-order valence-corrected chi connectivity index (χ0v) is 12.3. The summed E-state index contributed by atoms with van der Waals surface area (Å²) in [6, 6.07) is 11.1. The van der Waals surface area contributed by atoms with Gasteiger partial charge in [-0.05, 0) is 31.2 Å². The quantitative estimate of drug-likeness (QED) is 0.767. The number of methoxy groups -OCH3 is 1. The Morgan fingerprint density at radius 3 is 2.55 bits per heavy atom. The van der Waals surface area contributed by atoms with E-state index in [4.69, 9.17) is 10.5 Å². The van der Waals surface area contributed by atoms with Gasteiger partial charge in [-0.15, -0.1) is 0 Å². The second-order valence-electron chi connectivity index (χ2n) is 4.74. The number of rotatable bonds is 4. The highest BCUT2D eigenvalue weighted by molar-refractivity contribution is 5.58. The summed E-state index contributed by atoms with van der Waals surface area (Å²) in [4.78, 5) is 8.41. The van der Waals surface area contributed by atoms with Gasteiger partial charge in [-0.3, -0.25) is 0 Å². The first-order valence-corrected chi connectivity index (χ1v) is 6.71. The first kappa shape index (κ1) is 13.9. The summed E-state index contributed by atoms with van der Waals surface area (Å²) in [6.07, 6.45) is 1.47. The number of ether oxygens (including phenoxy) is 1. The predicted octanol–water partition coefficient (Wildman–Crippen LogP) is 2.31. The minimum Gasteiger partial charge on any atom is -0.497 e. The highest BCUT2D eigenvalue weighted by atomic mass is 16.5. The van der Waals surface area contributed by atoms with Crippen molar-refractivity contribution in [2.24, 2.45) is 0 Å². The molecule has 2 aromatic heterocycles. The molecule has 7 nitrogen and oxygen atoms in total. The zero-order chi connectivity index (χ0) is 15.5. The van der Waals surface area contributed by atoms with E-state index in [1.165, 1.54) is 6.33 Å². The number of anilines is 3. The molecule has 7 heteroatoms. The lowest BCUT2D eigenvalue weighted by Gasteiger charge is -2.08. The van der Waals surface area contributed by atoms with Crippen molar-refractivity contribution < 1.29 is 4.74 Å². The van der Waals surface area contributed by atoms with Crippen molar-refractivity contribution in [3.8, 4) is 11.6 Å². The Morgan fingerprint density at radius 1 is 1.14 bits per heavy atom. The molecule has 0 bridgehead atoms. The average molecular weight is 296 g/mol. The van der Waals surface area contributed by atoms with Crippen LogP contribution in [-0.4, -0.2) is 26.9 Å². The Bertz CT molecular complexity index is 781. The van der Waals surface area contributed by atoms with E-state index in [2.05, 4.69) is 20.4 Å². The van der Waals surface area contributed by atoms with Gasteiger partial charge in [-0.25, -0.2) is 9.97 Å². The van der Waals surface area contributed by atoms with Crippen molar-refractivity contribution in [1.82, 2.24) is 19.7 Å². The van der Waals surface area contributed by atoms with Crippen LogP contribution in [0.25, 0.3) is 5.82 Å². The molecule has 0 saturated heterocycles. The highest BCUT2D eigenvalue weighted by Crippen LogP contribution is 2.20. The molecular formula is C15H16N6O. The monoisotopic (exact) mass is 296 g/mol. The first-order chi connectivity index (χ1) is 10.7. The molecule has 3 aromatic rings. The fourth-order valence-electron chi connectivity index (χ4n) is 2.06. The van der Waals surface area contributed by atoms with Crippen LogP contribution in [0, 0.1) is 6.92 Å². The van der Waals surface area contributed by atoms with E-state index >= 15 is 0 Å². The topological polar surface area (TPSA) is 90.9 Å². The summed E-state index contributed by atoms with van der Waals surface area (Å²) in [5, 5.41) is 7.51. The van der Waals surface area contributed by atoms with Crippen LogP contribution in [0.2, 0.25) is 0 Å². The van der Waals surface area contributed by atoms with Gasteiger partial charge < -0.3 is 15.8 Å². The number of benzene rings is 1. The van der Waals surface area contributed by atoms with Gasteiger partial charge >= 0.3 is 0 Å². The minimum absolute atomic E-state index is 0.534. The lowest BCUT2D eigenvalue weighted by Crippen LogP contribution is -2.05. The van der Waals surface area contributed by atoms with Gasteiger partial charge in [0.1, 0.15) is 23.7 Å². The molecule has 0 amide bonds. The van der Waals surface area contributed by atoms with Crippen molar-refractivity contribution in [3.63, 3.8) is 0 Å². The molecule has 0 atom stereocenters. The third-order valence-electron chi connectivity index (χ3n) is 3.09. The number of hydrogen-bond acceptors (Lipinski definition) is 6. The summed E-state index contributed by atoms with van der Waals surface area (Å²) in [5.74, 6) is 2.60. The largest absolute Gasteiger partial charge is 0.497 e. The zero-order valence-electron chi connectivity index (χ0n) is 12.3. The molecule has 0 aliphatic carbocycles. The second kappa shape index (κ2) is 5.72. The lowest BCUT2D eigenvalue weighted by molar-refractivity contribution is 0.415. The van der Waals surface area contributed by atoms with Gasteiger partial charge in [-0.1, -0.05) is 0 Å². The Balaban J connectivity index is 1.86.